The van der Waals surface area contributed by atoms with E-state index in [1.807, 2.05) is 96.8 Å². The SMILES string of the molecule is C.CCSC(=N)c1ccccc1C.Cc1ccccc1-c1nnc(-c2ccccc2)n1C.NNC(=O)c1ccccc1. The van der Waals surface area contributed by atoms with Gasteiger partial charge in [-0.2, -0.15) is 0 Å². The van der Waals surface area contributed by atoms with Gasteiger partial charge in [-0.05, 0) is 42.9 Å². The van der Waals surface area contributed by atoms with E-state index in [-0.39, 0.29) is 13.3 Å². The zero-order valence-corrected chi connectivity index (χ0v) is 24.7. The van der Waals surface area contributed by atoms with Gasteiger partial charge in [-0.3, -0.25) is 15.6 Å². The lowest BCUT2D eigenvalue weighted by atomic mass is 10.1. The molecule has 1 amide bonds. The summed E-state index contributed by atoms with van der Waals surface area (Å²) in [6, 6.07) is 35.2. The third-order valence-corrected chi connectivity index (χ3v) is 6.94. The molecule has 0 fully saturated rings. The van der Waals surface area contributed by atoms with Gasteiger partial charge in [0.1, 0.15) is 0 Å². The molecule has 0 bridgehead atoms. The molecule has 1 heterocycles. The van der Waals surface area contributed by atoms with E-state index < -0.39 is 0 Å². The Morgan fingerprint density at radius 1 is 0.810 bits per heavy atom. The number of thioether (sulfide) groups is 1. The summed E-state index contributed by atoms with van der Waals surface area (Å²) >= 11 is 1.58. The predicted molar refractivity (Wildman–Crippen MR) is 178 cm³/mol. The quantitative estimate of drug-likeness (QED) is 0.0657. The van der Waals surface area contributed by atoms with E-state index in [9.17, 15) is 4.79 Å². The second kappa shape index (κ2) is 17.3. The van der Waals surface area contributed by atoms with Gasteiger partial charge in [0.05, 0.1) is 5.04 Å². The van der Waals surface area contributed by atoms with Gasteiger partial charge in [0.15, 0.2) is 11.6 Å². The first kappa shape index (κ1) is 33.7. The minimum atomic E-state index is -0.263. The summed E-state index contributed by atoms with van der Waals surface area (Å²) in [5.74, 6) is 7.39. The van der Waals surface area contributed by atoms with Crippen LogP contribution in [0.2, 0.25) is 0 Å². The Labute approximate surface area is 253 Å². The molecule has 0 saturated carbocycles. The number of aryl methyl sites for hydroxylation is 2. The van der Waals surface area contributed by atoms with Gasteiger partial charge >= 0.3 is 0 Å². The Morgan fingerprint density at radius 2 is 1.33 bits per heavy atom. The molecule has 4 N–H and O–H groups in total. The van der Waals surface area contributed by atoms with E-state index in [0.717, 1.165) is 34.1 Å². The van der Waals surface area contributed by atoms with Crippen LogP contribution in [0.1, 0.15) is 41.4 Å². The summed E-state index contributed by atoms with van der Waals surface area (Å²) in [6.07, 6.45) is 0. The highest BCUT2D eigenvalue weighted by Gasteiger charge is 2.13. The molecule has 0 unspecified atom stereocenters. The van der Waals surface area contributed by atoms with Crippen molar-refractivity contribution in [1.82, 2.24) is 20.2 Å². The zero-order chi connectivity index (χ0) is 29.6. The number of benzene rings is 4. The van der Waals surface area contributed by atoms with E-state index in [4.69, 9.17) is 11.3 Å². The van der Waals surface area contributed by atoms with Gasteiger partial charge in [-0.25, -0.2) is 5.84 Å². The normalized spacial score (nSPS) is 9.74. The monoisotopic (exact) mass is 580 g/mol. The number of carbonyl (C=O) groups is 1. The number of carbonyl (C=O) groups excluding carboxylic acids is 1. The Hall–Kier alpha value is -4.53. The lowest BCUT2D eigenvalue weighted by Crippen LogP contribution is -2.29. The van der Waals surface area contributed by atoms with Crippen LogP contribution in [0, 0.1) is 19.3 Å². The van der Waals surface area contributed by atoms with Gasteiger partial charge in [0, 0.05) is 29.3 Å². The third-order valence-electron chi connectivity index (χ3n) is 6.14. The number of nitrogens with zero attached hydrogens (tertiary/aromatic N) is 3. The molecular weight excluding hydrogens is 540 g/mol. The minimum Gasteiger partial charge on any atom is -0.310 e. The van der Waals surface area contributed by atoms with Crippen LogP contribution in [0.5, 0.6) is 0 Å². The van der Waals surface area contributed by atoms with E-state index in [2.05, 4.69) is 36.2 Å². The average Bonchev–Trinajstić information content (AvgIpc) is 3.39. The van der Waals surface area contributed by atoms with Crippen molar-refractivity contribution < 1.29 is 4.79 Å². The summed E-state index contributed by atoms with van der Waals surface area (Å²) in [6.45, 7) is 6.20. The van der Waals surface area contributed by atoms with Gasteiger partial charge in [0.2, 0.25) is 0 Å². The van der Waals surface area contributed by atoms with Crippen LogP contribution in [-0.2, 0) is 7.05 Å². The van der Waals surface area contributed by atoms with Crippen molar-refractivity contribution in [2.45, 2.75) is 28.2 Å². The summed E-state index contributed by atoms with van der Waals surface area (Å²) in [5.41, 5.74) is 8.27. The summed E-state index contributed by atoms with van der Waals surface area (Å²) in [4.78, 5) is 10.8. The minimum absolute atomic E-state index is 0. The van der Waals surface area contributed by atoms with E-state index in [0.29, 0.717) is 10.6 Å². The van der Waals surface area contributed by atoms with Gasteiger partial charge in [0.25, 0.3) is 5.91 Å². The number of rotatable bonds is 5. The number of nitrogen functional groups attached to an aromatic ring is 1. The molecule has 8 heteroatoms. The number of hydrazine groups is 1. The number of amides is 1. The molecular formula is C34H40N6OS. The predicted octanol–water partition coefficient (Wildman–Crippen LogP) is 7.46. The molecule has 0 aliphatic heterocycles. The molecule has 4 aromatic carbocycles. The number of nitrogens with one attached hydrogen (secondary N) is 2. The molecule has 1 aromatic heterocycles. The smallest absolute Gasteiger partial charge is 0.265 e. The van der Waals surface area contributed by atoms with Crippen molar-refractivity contribution in [3.05, 3.63) is 131 Å². The highest BCUT2D eigenvalue weighted by molar-refractivity contribution is 8.14. The first-order valence-electron chi connectivity index (χ1n) is 13.2. The fraction of sp³-hybridized carbons (Fsp3) is 0.176. The maximum absolute atomic E-state index is 10.8. The number of nitrogens with two attached hydrogens (primary N) is 1. The lowest BCUT2D eigenvalue weighted by molar-refractivity contribution is 0.0953. The van der Waals surface area contributed by atoms with Gasteiger partial charge < -0.3 is 4.57 Å². The molecule has 0 saturated heterocycles. The largest absolute Gasteiger partial charge is 0.310 e. The van der Waals surface area contributed by atoms with Crippen LogP contribution in [0.15, 0.2) is 109 Å². The molecule has 42 heavy (non-hydrogen) atoms. The molecule has 0 aliphatic rings. The Morgan fingerprint density at radius 3 is 1.90 bits per heavy atom. The maximum Gasteiger partial charge on any atom is 0.265 e. The zero-order valence-electron chi connectivity index (χ0n) is 23.8. The Balaban J connectivity index is 0.000000233. The van der Waals surface area contributed by atoms with Gasteiger partial charge in [-0.15, -0.1) is 22.0 Å². The van der Waals surface area contributed by atoms with E-state index >= 15 is 0 Å². The van der Waals surface area contributed by atoms with Crippen molar-refractivity contribution in [3.63, 3.8) is 0 Å². The van der Waals surface area contributed by atoms with E-state index in [1.54, 1.807) is 36.0 Å². The second-order valence-electron chi connectivity index (χ2n) is 9.00. The number of hydrogen-bond donors (Lipinski definition) is 3. The van der Waals surface area contributed by atoms with Crippen LogP contribution in [0.4, 0.5) is 0 Å². The topological polar surface area (TPSA) is 110 Å². The molecule has 0 aliphatic carbocycles. The molecule has 0 radical (unpaired) electrons. The fourth-order valence-corrected chi connectivity index (χ4v) is 4.62. The van der Waals surface area contributed by atoms with Crippen LogP contribution >= 0.6 is 11.8 Å². The fourth-order valence-electron chi connectivity index (χ4n) is 3.95. The summed E-state index contributed by atoms with van der Waals surface area (Å²) in [7, 11) is 2.00. The first-order valence-corrected chi connectivity index (χ1v) is 14.2. The highest BCUT2D eigenvalue weighted by atomic mass is 32.2. The van der Waals surface area contributed by atoms with Crippen molar-refractivity contribution in [2.24, 2.45) is 12.9 Å². The molecule has 5 rings (SSSR count). The number of hydrogen-bond acceptors (Lipinski definition) is 6. The molecule has 0 atom stereocenters. The van der Waals surface area contributed by atoms with E-state index in [1.165, 1.54) is 11.1 Å². The lowest BCUT2D eigenvalue weighted by Gasteiger charge is -2.06. The average molecular weight is 581 g/mol. The van der Waals surface area contributed by atoms with Gasteiger partial charge in [-0.1, -0.05) is 111 Å². The maximum atomic E-state index is 10.8. The van der Waals surface area contributed by atoms with Crippen molar-refractivity contribution >= 4 is 22.7 Å². The summed E-state index contributed by atoms with van der Waals surface area (Å²) in [5, 5.41) is 17.1. The Bertz CT molecular complexity index is 1550. The van der Waals surface area contributed by atoms with Crippen molar-refractivity contribution in [3.8, 4) is 22.8 Å². The number of aromatic nitrogens is 3. The van der Waals surface area contributed by atoms with Crippen LogP contribution in [0.3, 0.4) is 0 Å². The molecule has 5 aromatic rings. The summed E-state index contributed by atoms with van der Waals surface area (Å²) < 4.78 is 2.04. The van der Waals surface area contributed by atoms with Crippen LogP contribution < -0.4 is 11.3 Å². The van der Waals surface area contributed by atoms with Crippen molar-refractivity contribution in [2.75, 3.05) is 5.75 Å². The first-order chi connectivity index (χ1) is 19.9. The van der Waals surface area contributed by atoms with Crippen LogP contribution in [0.25, 0.3) is 22.8 Å². The van der Waals surface area contributed by atoms with Crippen LogP contribution in [-0.4, -0.2) is 31.5 Å². The Kier molecular flexibility index (Phi) is 13.9. The highest BCUT2D eigenvalue weighted by Crippen LogP contribution is 2.25. The van der Waals surface area contributed by atoms with Crippen molar-refractivity contribution in [1.29, 1.82) is 5.41 Å². The second-order valence-corrected chi connectivity index (χ2v) is 10.3. The molecule has 218 valence electrons. The third kappa shape index (κ3) is 9.26. The molecule has 0 spiro atoms. The standard InChI is InChI=1S/C16H15N3.C10H13NS.C7H8N2O.CH4/c1-12-8-6-7-11-14(12)16-18-17-15(19(16)2)13-9-4-3-5-10-13;1-3-12-10(11)9-7-5-4-6-8(9)2;8-9-7(10)6-4-2-1-3-5-6;/h3-11H,1-2H3;4-7,11H,3H2,1-2H3;1-5H,8H2,(H,9,10);1H4. The molecule has 7 nitrogen and oxygen atoms in total.